The Kier molecular flexibility index (Phi) is 2.12. The molecule has 76 valence electrons. The van der Waals surface area contributed by atoms with Crippen LogP contribution in [-0.4, -0.2) is 39.2 Å². The van der Waals surface area contributed by atoms with E-state index in [1.807, 2.05) is 0 Å². The SMILES string of the molecule is O=C(O)OC1=CS[C@H]2C(CO)C(=O)N12. The van der Waals surface area contributed by atoms with Crippen molar-refractivity contribution in [3.05, 3.63) is 11.3 Å². The lowest BCUT2D eigenvalue weighted by atomic mass is 10.0. The Bertz CT molecular complexity index is 328. The molecule has 2 aliphatic rings. The number of hydrogen-bond acceptors (Lipinski definition) is 5. The number of carbonyl (C=O) groups is 2. The molecule has 0 aliphatic carbocycles. The molecule has 2 aliphatic heterocycles. The number of carbonyl (C=O) groups excluding carboxylic acids is 1. The maximum Gasteiger partial charge on any atom is 0.512 e. The summed E-state index contributed by atoms with van der Waals surface area (Å²) in [7, 11) is 0. The van der Waals surface area contributed by atoms with Gasteiger partial charge in [-0.3, -0.25) is 9.69 Å². The number of amides is 1. The van der Waals surface area contributed by atoms with E-state index in [4.69, 9.17) is 10.2 Å². The first-order valence-corrected chi connectivity index (χ1v) is 4.79. The number of aliphatic hydroxyl groups is 1. The Morgan fingerprint density at radius 1 is 1.71 bits per heavy atom. The third-order valence-electron chi connectivity index (χ3n) is 2.09. The number of fused-ring (bicyclic) bond motifs is 1. The molecule has 2 N–H and O–H groups in total. The zero-order valence-electron chi connectivity index (χ0n) is 6.91. The van der Waals surface area contributed by atoms with Crippen LogP contribution < -0.4 is 0 Å². The van der Waals surface area contributed by atoms with Crippen LogP contribution in [0.5, 0.6) is 0 Å². The van der Waals surface area contributed by atoms with Crippen molar-refractivity contribution in [2.24, 2.45) is 5.92 Å². The summed E-state index contributed by atoms with van der Waals surface area (Å²) in [6.45, 7) is -0.221. The monoisotopic (exact) mass is 217 g/mol. The Labute approximate surface area is 83.1 Å². The Hall–Kier alpha value is -1.21. The van der Waals surface area contributed by atoms with Gasteiger partial charge in [0.1, 0.15) is 5.37 Å². The maximum absolute atomic E-state index is 11.3. The average molecular weight is 217 g/mol. The second kappa shape index (κ2) is 3.18. The van der Waals surface area contributed by atoms with Crippen molar-refractivity contribution in [3.8, 4) is 0 Å². The third-order valence-corrected chi connectivity index (χ3v) is 3.24. The summed E-state index contributed by atoms with van der Waals surface area (Å²) in [6.07, 6.45) is -1.45. The fraction of sp³-hybridized carbons (Fsp3) is 0.429. The van der Waals surface area contributed by atoms with E-state index in [1.165, 1.54) is 22.1 Å². The first kappa shape index (κ1) is 9.35. The summed E-state index contributed by atoms with van der Waals surface area (Å²) >= 11 is 1.27. The lowest BCUT2D eigenvalue weighted by Crippen LogP contribution is -2.58. The van der Waals surface area contributed by atoms with Crippen LogP contribution in [0.1, 0.15) is 0 Å². The number of rotatable bonds is 2. The molecular formula is C7H7NO5S. The van der Waals surface area contributed by atoms with E-state index in [2.05, 4.69) is 4.74 Å². The number of β-lactam (4-membered cyclic amide) rings is 1. The zero-order chi connectivity index (χ0) is 10.3. The largest absolute Gasteiger partial charge is 0.512 e. The molecule has 0 radical (unpaired) electrons. The number of aliphatic hydroxyl groups excluding tert-OH is 1. The lowest BCUT2D eigenvalue weighted by molar-refractivity contribution is -0.151. The van der Waals surface area contributed by atoms with Crippen LogP contribution in [0.3, 0.4) is 0 Å². The van der Waals surface area contributed by atoms with Crippen molar-refractivity contribution in [1.29, 1.82) is 0 Å². The predicted molar refractivity (Wildman–Crippen MR) is 46.0 cm³/mol. The van der Waals surface area contributed by atoms with Crippen LogP contribution in [0, 0.1) is 5.92 Å². The molecule has 0 aromatic heterocycles. The van der Waals surface area contributed by atoms with Gasteiger partial charge in [0.25, 0.3) is 0 Å². The van der Waals surface area contributed by atoms with Gasteiger partial charge in [-0.05, 0) is 0 Å². The molecule has 14 heavy (non-hydrogen) atoms. The molecule has 1 fully saturated rings. The molecule has 1 unspecified atom stereocenters. The predicted octanol–water partition coefficient (Wildman–Crippen LogP) is 0.00350. The standard InChI is InChI=1S/C7H7NO5S/c9-1-3-5(10)8-4(13-7(11)12)2-14-6(3)8/h2-3,6,9H,1H2,(H,11,12)/t3?,6-/m0/s1. The molecular weight excluding hydrogens is 210 g/mol. The van der Waals surface area contributed by atoms with Crippen molar-refractivity contribution in [1.82, 2.24) is 4.90 Å². The quantitative estimate of drug-likeness (QED) is 0.500. The number of hydrogen-bond donors (Lipinski definition) is 2. The molecule has 2 heterocycles. The highest BCUT2D eigenvalue weighted by Gasteiger charge is 2.52. The minimum Gasteiger partial charge on any atom is -0.449 e. The van der Waals surface area contributed by atoms with Gasteiger partial charge in [0.05, 0.1) is 12.5 Å². The molecule has 6 nitrogen and oxygen atoms in total. The van der Waals surface area contributed by atoms with Crippen LogP contribution in [0.25, 0.3) is 0 Å². The van der Waals surface area contributed by atoms with E-state index in [1.54, 1.807) is 0 Å². The minimum atomic E-state index is -1.45. The van der Waals surface area contributed by atoms with Gasteiger partial charge in [0.15, 0.2) is 0 Å². The summed E-state index contributed by atoms with van der Waals surface area (Å²) in [5, 5.41) is 18.4. The molecule has 7 heteroatoms. The molecule has 1 amide bonds. The first-order valence-electron chi connectivity index (χ1n) is 3.85. The third kappa shape index (κ3) is 1.17. The average Bonchev–Trinajstić information content (AvgIpc) is 2.43. The summed E-state index contributed by atoms with van der Waals surface area (Å²) in [5.41, 5.74) is 0. The molecule has 0 bridgehead atoms. The smallest absolute Gasteiger partial charge is 0.449 e. The first-order chi connectivity index (χ1) is 6.65. The zero-order valence-corrected chi connectivity index (χ0v) is 7.73. The van der Waals surface area contributed by atoms with Gasteiger partial charge in [0, 0.05) is 5.41 Å². The molecule has 0 aromatic carbocycles. The van der Waals surface area contributed by atoms with Gasteiger partial charge >= 0.3 is 6.16 Å². The Morgan fingerprint density at radius 2 is 2.43 bits per heavy atom. The second-order valence-electron chi connectivity index (χ2n) is 2.85. The molecule has 0 saturated carbocycles. The van der Waals surface area contributed by atoms with Crippen LogP contribution in [0.4, 0.5) is 4.79 Å². The van der Waals surface area contributed by atoms with E-state index < -0.39 is 12.1 Å². The van der Waals surface area contributed by atoms with Crippen LogP contribution in [-0.2, 0) is 9.53 Å². The van der Waals surface area contributed by atoms with Crippen LogP contribution >= 0.6 is 11.8 Å². The second-order valence-corrected chi connectivity index (χ2v) is 3.84. The summed E-state index contributed by atoms with van der Waals surface area (Å²) in [4.78, 5) is 22.8. The summed E-state index contributed by atoms with van der Waals surface area (Å²) < 4.78 is 4.39. The highest BCUT2D eigenvalue weighted by Crippen LogP contribution is 2.44. The van der Waals surface area contributed by atoms with Gasteiger partial charge in [-0.15, -0.1) is 11.8 Å². The number of nitrogens with zero attached hydrogens (tertiary/aromatic N) is 1. The molecule has 1 saturated heterocycles. The summed E-state index contributed by atoms with van der Waals surface area (Å²) in [6, 6.07) is 0. The van der Waals surface area contributed by atoms with Crippen molar-refractivity contribution in [2.45, 2.75) is 5.37 Å². The van der Waals surface area contributed by atoms with E-state index in [0.717, 1.165) is 0 Å². The number of ether oxygens (including phenoxy) is 1. The van der Waals surface area contributed by atoms with E-state index in [0.29, 0.717) is 0 Å². The van der Waals surface area contributed by atoms with Crippen LogP contribution in [0.15, 0.2) is 11.3 Å². The summed E-state index contributed by atoms with van der Waals surface area (Å²) in [5.74, 6) is -0.705. The molecule has 0 spiro atoms. The number of carboxylic acid groups (broad SMARTS) is 1. The fourth-order valence-electron chi connectivity index (χ4n) is 1.43. The highest BCUT2D eigenvalue weighted by atomic mass is 32.2. The normalized spacial score (nSPS) is 29.4. The van der Waals surface area contributed by atoms with Gasteiger partial charge in [-0.25, -0.2) is 4.79 Å². The Balaban J connectivity index is 2.06. The van der Waals surface area contributed by atoms with Gasteiger partial charge in [0.2, 0.25) is 11.8 Å². The van der Waals surface area contributed by atoms with Gasteiger partial charge < -0.3 is 14.9 Å². The minimum absolute atomic E-state index is 0.0298. The van der Waals surface area contributed by atoms with Crippen molar-refractivity contribution < 1.29 is 24.5 Å². The number of thioether (sulfide) groups is 1. The van der Waals surface area contributed by atoms with Crippen molar-refractivity contribution >= 4 is 23.8 Å². The molecule has 2 rings (SSSR count). The van der Waals surface area contributed by atoms with Gasteiger partial charge in [-0.1, -0.05) is 0 Å². The Morgan fingerprint density at radius 3 is 3.00 bits per heavy atom. The maximum atomic E-state index is 11.3. The highest BCUT2D eigenvalue weighted by molar-refractivity contribution is 8.03. The molecule has 0 aromatic rings. The van der Waals surface area contributed by atoms with E-state index in [9.17, 15) is 9.59 Å². The van der Waals surface area contributed by atoms with Crippen LogP contribution in [0.2, 0.25) is 0 Å². The topological polar surface area (TPSA) is 87.1 Å². The van der Waals surface area contributed by atoms with E-state index >= 15 is 0 Å². The van der Waals surface area contributed by atoms with Crippen molar-refractivity contribution in [3.63, 3.8) is 0 Å². The van der Waals surface area contributed by atoms with Crippen molar-refractivity contribution in [2.75, 3.05) is 6.61 Å². The van der Waals surface area contributed by atoms with Gasteiger partial charge in [-0.2, -0.15) is 0 Å². The van der Waals surface area contributed by atoms with E-state index in [-0.39, 0.29) is 23.8 Å². The lowest BCUT2D eigenvalue weighted by Gasteiger charge is -2.40. The fourth-order valence-corrected chi connectivity index (χ4v) is 2.57. The molecule has 2 atom stereocenters.